The molecule has 2 rings (SSSR count). The number of alkyl halides is 3. The van der Waals surface area contributed by atoms with E-state index < -0.39 is 24.7 Å². The smallest absolute Gasteiger partial charge is 0.329 e. The molecule has 0 aromatic carbocycles. The lowest BCUT2D eigenvalue weighted by Gasteiger charge is -2.34. The van der Waals surface area contributed by atoms with Crippen LogP contribution in [0.1, 0.15) is 29.8 Å². The zero-order chi connectivity index (χ0) is 17.0. The molecule has 3 amide bonds. The number of nitrogens with one attached hydrogen (secondary N) is 2. The van der Waals surface area contributed by atoms with Gasteiger partial charge in [0.25, 0.3) is 0 Å². The van der Waals surface area contributed by atoms with Gasteiger partial charge in [-0.15, -0.1) is 11.3 Å². The normalized spacial score (nSPS) is 18.3. The topological polar surface area (TPSA) is 61.4 Å². The minimum atomic E-state index is -4.50. The minimum absolute atomic E-state index is 0.0206. The van der Waals surface area contributed by atoms with Crippen molar-refractivity contribution in [2.45, 2.75) is 32.0 Å². The summed E-state index contributed by atoms with van der Waals surface area (Å²) in [6.07, 6.45) is -2.86. The Morgan fingerprint density at radius 2 is 2.17 bits per heavy atom. The van der Waals surface area contributed by atoms with E-state index in [2.05, 4.69) is 0 Å². The summed E-state index contributed by atoms with van der Waals surface area (Å²) < 4.78 is 36.0. The molecular weight excluding hydrogens is 331 g/mol. The summed E-state index contributed by atoms with van der Waals surface area (Å²) in [5, 5.41) is 5.56. The second-order valence-corrected chi connectivity index (χ2v) is 6.29. The van der Waals surface area contributed by atoms with Crippen LogP contribution in [0.15, 0.2) is 11.4 Å². The van der Waals surface area contributed by atoms with E-state index in [1.807, 2.05) is 28.6 Å². The van der Waals surface area contributed by atoms with Gasteiger partial charge in [-0.2, -0.15) is 13.2 Å². The van der Waals surface area contributed by atoms with Crippen molar-refractivity contribution in [3.05, 3.63) is 21.9 Å². The summed E-state index contributed by atoms with van der Waals surface area (Å²) >= 11 is 1.69. The summed E-state index contributed by atoms with van der Waals surface area (Å²) in [5.74, 6) is -0.609. The third-order valence-electron chi connectivity index (χ3n) is 3.64. The molecule has 2 heterocycles. The van der Waals surface area contributed by atoms with Crippen molar-refractivity contribution in [1.82, 2.24) is 15.5 Å². The zero-order valence-corrected chi connectivity index (χ0v) is 13.4. The second kappa shape index (κ2) is 7.31. The van der Waals surface area contributed by atoms with Gasteiger partial charge in [0.15, 0.2) is 0 Å². The summed E-state index contributed by atoms with van der Waals surface area (Å²) in [7, 11) is 0. The van der Waals surface area contributed by atoms with Gasteiger partial charge in [-0.1, -0.05) is 6.92 Å². The molecule has 9 heteroatoms. The van der Waals surface area contributed by atoms with Crippen LogP contribution in [0, 0.1) is 0 Å². The number of hydrogen-bond donors (Lipinski definition) is 2. The lowest BCUT2D eigenvalue weighted by molar-refractivity contribution is -0.125. The Bertz CT molecular complexity index is 574. The van der Waals surface area contributed by atoms with Crippen molar-refractivity contribution < 1.29 is 22.8 Å². The molecule has 5 nitrogen and oxygen atoms in total. The second-order valence-electron chi connectivity index (χ2n) is 5.29. The molecule has 0 saturated carbocycles. The Balaban J connectivity index is 1.87. The van der Waals surface area contributed by atoms with Gasteiger partial charge in [-0.3, -0.25) is 15.0 Å². The number of thiophene rings is 1. The number of rotatable bonds is 4. The van der Waals surface area contributed by atoms with Crippen molar-refractivity contribution in [2.24, 2.45) is 0 Å². The maximum absolute atomic E-state index is 12.0. The molecule has 0 aliphatic carbocycles. The average molecular weight is 349 g/mol. The number of imide groups is 1. The summed E-state index contributed by atoms with van der Waals surface area (Å²) in [6.45, 7) is 1.21. The Kier molecular flexibility index (Phi) is 5.64. The highest BCUT2D eigenvalue weighted by atomic mass is 32.1. The van der Waals surface area contributed by atoms with Crippen LogP contribution in [0.2, 0.25) is 0 Å². The predicted molar refractivity (Wildman–Crippen MR) is 80.2 cm³/mol. The van der Waals surface area contributed by atoms with Crippen molar-refractivity contribution in [1.29, 1.82) is 0 Å². The number of amides is 3. The molecule has 1 aliphatic rings. The quantitative estimate of drug-likeness (QED) is 0.878. The van der Waals surface area contributed by atoms with Gasteiger partial charge in [0.2, 0.25) is 5.91 Å². The monoisotopic (exact) mass is 349 g/mol. The number of fused-ring (bicyclic) bond motifs is 1. The maximum Gasteiger partial charge on any atom is 0.405 e. The minimum Gasteiger partial charge on any atom is -0.329 e. The third kappa shape index (κ3) is 4.93. The molecule has 0 spiro atoms. The van der Waals surface area contributed by atoms with Gasteiger partial charge in [-0.25, -0.2) is 4.79 Å². The summed E-state index contributed by atoms with van der Waals surface area (Å²) in [5.41, 5.74) is 1.19. The number of carbonyl (C=O) groups excluding carboxylic acids is 2. The number of urea groups is 1. The molecule has 23 heavy (non-hydrogen) atoms. The van der Waals surface area contributed by atoms with E-state index >= 15 is 0 Å². The summed E-state index contributed by atoms with van der Waals surface area (Å²) in [4.78, 5) is 26.4. The fraction of sp³-hybridized carbons (Fsp3) is 0.571. The van der Waals surface area contributed by atoms with Crippen molar-refractivity contribution in [3.8, 4) is 0 Å². The van der Waals surface area contributed by atoms with E-state index in [0.29, 0.717) is 6.54 Å². The van der Waals surface area contributed by atoms with Crippen molar-refractivity contribution >= 4 is 23.3 Å². The van der Waals surface area contributed by atoms with Gasteiger partial charge in [0, 0.05) is 17.5 Å². The molecule has 0 saturated heterocycles. The van der Waals surface area contributed by atoms with Crippen LogP contribution in [0.4, 0.5) is 18.0 Å². The molecule has 1 aromatic heterocycles. The van der Waals surface area contributed by atoms with Crippen LogP contribution in [0.25, 0.3) is 0 Å². The predicted octanol–water partition coefficient (Wildman–Crippen LogP) is 2.45. The van der Waals surface area contributed by atoms with Crippen molar-refractivity contribution in [2.75, 3.05) is 19.6 Å². The van der Waals surface area contributed by atoms with Gasteiger partial charge in [0.1, 0.15) is 6.54 Å². The largest absolute Gasteiger partial charge is 0.405 e. The Morgan fingerprint density at radius 3 is 2.83 bits per heavy atom. The molecule has 0 radical (unpaired) electrons. The third-order valence-corrected chi connectivity index (χ3v) is 4.64. The highest BCUT2D eigenvalue weighted by Gasteiger charge is 2.30. The highest BCUT2D eigenvalue weighted by Crippen LogP contribution is 2.34. The first-order valence-corrected chi connectivity index (χ1v) is 8.13. The number of halogens is 3. The SMILES string of the molecule is CC[C@@H]1c2ccsc2CCN1CC(=O)NC(=O)NCC(F)(F)F. The molecule has 1 atom stereocenters. The fourth-order valence-corrected chi connectivity index (χ4v) is 3.62. The van der Waals surface area contributed by atoms with E-state index in [-0.39, 0.29) is 12.6 Å². The Hall–Kier alpha value is -1.61. The van der Waals surface area contributed by atoms with E-state index in [9.17, 15) is 22.8 Å². The average Bonchev–Trinajstić information content (AvgIpc) is 2.92. The van der Waals surface area contributed by atoms with E-state index in [0.717, 1.165) is 12.8 Å². The Morgan fingerprint density at radius 1 is 1.43 bits per heavy atom. The highest BCUT2D eigenvalue weighted by molar-refractivity contribution is 7.10. The van der Waals surface area contributed by atoms with Gasteiger partial charge >= 0.3 is 12.2 Å². The summed E-state index contributed by atoms with van der Waals surface area (Å²) in [6, 6.07) is 0.997. The standard InChI is InChI=1S/C14H18F3N3O2S/c1-2-10-9-4-6-23-11(9)3-5-20(10)7-12(21)19-13(22)18-8-14(15,16)17/h4,6,10H,2-3,5,7-8H2,1H3,(H2,18,19,21,22)/t10-/m1/s1. The van der Waals surface area contributed by atoms with Gasteiger partial charge < -0.3 is 5.32 Å². The molecule has 1 aliphatic heterocycles. The lowest BCUT2D eigenvalue weighted by Crippen LogP contribution is -2.48. The number of carbonyl (C=O) groups is 2. The number of hydrogen-bond acceptors (Lipinski definition) is 4. The first-order valence-electron chi connectivity index (χ1n) is 7.25. The fourth-order valence-electron chi connectivity index (χ4n) is 2.69. The van der Waals surface area contributed by atoms with E-state index in [4.69, 9.17) is 0 Å². The van der Waals surface area contributed by atoms with Gasteiger partial charge in [0.05, 0.1) is 6.54 Å². The van der Waals surface area contributed by atoms with Crippen LogP contribution in [0.5, 0.6) is 0 Å². The first-order chi connectivity index (χ1) is 10.8. The molecule has 128 valence electrons. The zero-order valence-electron chi connectivity index (χ0n) is 12.6. The van der Waals surface area contributed by atoms with Crippen LogP contribution in [-0.4, -0.2) is 42.6 Å². The van der Waals surface area contributed by atoms with Crippen LogP contribution in [-0.2, 0) is 11.2 Å². The first kappa shape index (κ1) is 17.7. The van der Waals surface area contributed by atoms with Crippen molar-refractivity contribution in [3.63, 3.8) is 0 Å². The lowest BCUT2D eigenvalue weighted by atomic mass is 9.98. The van der Waals surface area contributed by atoms with Crippen LogP contribution >= 0.6 is 11.3 Å². The molecule has 1 aromatic rings. The van der Waals surface area contributed by atoms with E-state index in [1.54, 1.807) is 16.7 Å². The molecule has 0 bridgehead atoms. The van der Waals surface area contributed by atoms with Gasteiger partial charge in [-0.05, 0) is 29.9 Å². The van der Waals surface area contributed by atoms with Crippen LogP contribution in [0.3, 0.4) is 0 Å². The molecule has 0 unspecified atom stereocenters. The molecular formula is C14H18F3N3O2S. The molecule has 0 fully saturated rings. The Labute approximate surface area is 135 Å². The van der Waals surface area contributed by atoms with Crippen LogP contribution < -0.4 is 10.6 Å². The molecule has 2 N–H and O–H groups in total. The maximum atomic E-state index is 12.0. The van der Waals surface area contributed by atoms with E-state index in [1.165, 1.54) is 10.4 Å². The number of nitrogens with zero attached hydrogens (tertiary/aromatic N) is 1.